The van der Waals surface area contributed by atoms with Crippen LogP contribution < -0.4 is 0 Å². The monoisotopic (exact) mass is 732 g/mol. The second kappa shape index (κ2) is 12.9. The molecule has 0 N–H and O–H groups in total. The third kappa shape index (κ3) is 5.68. The molecule has 0 spiro atoms. The van der Waals surface area contributed by atoms with E-state index in [4.69, 9.17) is 18.8 Å². The lowest BCUT2D eigenvalue weighted by atomic mass is 9.81. The quantitative estimate of drug-likeness (QED) is 0.171. The van der Waals surface area contributed by atoms with Crippen LogP contribution in [0.5, 0.6) is 0 Å². The highest BCUT2D eigenvalue weighted by molar-refractivity contribution is 5.87. The minimum absolute atomic E-state index is 0.0607. The minimum atomic E-state index is -0.0607. The zero-order chi connectivity index (χ0) is 38.1. The van der Waals surface area contributed by atoms with Gasteiger partial charge in [-0.3, -0.25) is 0 Å². The Morgan fingerprint density at radius 1 is 0.333 bits per heavy atom. The Hall–Kier alpha value is -7.30. The van der Waals surface area contributed by atoms with Crippen molar-refractivity contribution in [3.8, 4) is 78.5 Å². The fourth-order valence-electron chi connectivity index (χ4n) is 8.49. The van der Waals surface area contributed by atoms with Crippen molar-refractivity contribution in [2.75, 3.05) is 0 Å². The Morgan fingerprint density at radius 3 is 1.33 bits per heavy atom. The average molecular weight is 733 g/mol. The Balaban J connectivity index is 0.989. The summed E-state index contributed by atoms with van der Waals surface area (Å²) in [6.45, 7) is 4.68. The first-order valence-corrected chi connectivity index (χ1v) is 19.4. The van der Waals surface area contributed by atoms with Gasteiger partial charge in [-0.2, -0.15) is 0 Å². The van der Waals surface area contributed by atoms with Gasteiger partial charge in [-0.05, 0) is 146 Å². The first kappa shape index (κ1) is 33.1. The minimum Gasteiger partial charge on any atom is -0.436 e. The molecule has 1 aliphatic rings. The molecule has 2 aromatic heterocycles. The van der Waals surface area contributed by atoms with E-state index in [9.17, 15) is 0 Å². The molecule has 0 fully saturated rings. The van der Waals surface area contributed by atoms with Gasteiger partial charge in [-0.15, -0.1) is 0 Å². The van der Waals surface area contributed by atoms with E-state index in [0.717, 1.165) is 66.7 Å². The number of hydrogen-bond donors (Lipinski definition) is 0. The Kier molecular flexibility index (Phi) is 7.48. The van der Waals surface area contributed by atoms with Gasteiger partial charge in [0.2, 0.25) is 11.8 Å². The summed E-state index contributed by atoms with van der Waals surface area (Å²) in [7, 11) is 0. The van der Waals surface area contributed by atoms with E-state index in [1.54, 1.807) is 0 Å². The summed E-state index contributed by atoms with van der Waals surface area (Å²) in [5, 5.41) is 0. The van der Waals surface area contributed by atoms with Crippen LogP contribution >= 0.6 is 0 Å². The molecule has 4 nitrogen and oxygen atoms in total. The highest BCUT2D eigenvalue weighted by atomic mass is 16.4. The van der Waals surface area contributed by atoms with Crippen molar-refractivity contribution in [1.82, 2.24) is 9.97 Å². The summed E-state index contributed by atoms with van der Waals surface area (Å²) in [5.41, 5.74) is 19.7. The van der Waals surface area contributed by atoms with E-state index in [-0.39, 0.29) is 5.41 Å². The molecule has 0 aliphatic heterocycles. The second-order valence-electron chi connectivity index (χ2n) is 15.4. The maximum atomic E-state index is 6.09. The lowest BCUT2D eigenvalue weighted by Gasteiger charge is -2.22. The van der Waals surface area contributed by atoms with E-state index in [2.05, 4.69) is 147 Å². The van der Waals surface area contributed by atoms with E-state index >= 15 is 0 Å². The van der Waals surface area contributed by atoms with Gasteiger partial charge in [0, 0.05) is 16.5 Å². The van der Waals surface area contributed by atoms with Gasteiger partial charge in [-0.1, -0.05) is 117 Å². The molecule has 0 amide bonds. The van der Waals surface area contributed by atoms with Crippen LogP contribution in [0.3, 0.4) is 0 Å². The van der Waals surface area contributed by atoms with Gasteiger partial charge in [0.25, 0.3) is 0 Å². The number of fused-ring (bicyclic) bond motifs is 5. The maximum Gasteiger partial charge on any atom is 0.227 e. The van der Waals surface area contributed by atoms with Crippen molar-refractivity contribution in [2.24, 2.45) is 0 Å². The van der Waals surface area contributed by atoms with Gasteiger partial charge in [-0.25, -0.2) is 9.97 Å². The lowest BCUT2D eigenvalue weighted by molar-refractivity contribution is 0.619. The summed E-state index contributed by atoms with van der Waals surface area (Å²) in [4.78, 5) is 9.45. The van der Waals surface area contributed by atoms with Crippen LogP contribution in [-0.2, 0) is 5.41 Å². The van der Waals surface area contributed by atoms with Crippen LogP contribution in [0.2, 0.25) is 0 Å². The molecule has 0 saturated carbocycles. The van der Waals surface area contributed by atoms with Crippen molar-refractivity contribution < 1.29 is 8.83 Å². The number of hydrogen-bond acceptors (Lipinski definition) is 4. The van der Waals surface area contributed by atoms with E-state index in [0.29, 0.717) is 11.8 Å². The summed E-state index contributed by atoms with van der Waals surface area (Å²) in [6.07, 6.45) is 0. The van der Waals surface area contributed by atoms with Crippen LogP contribution in [0.25, 0.3) is 101 Å². The molecule has 10 aromatic rings. The van der Waals surface area contributed by atoms with Gasteiger partial charge in [0.15, 0.2) is 11.2 Å². The largest absolute Gasteiger partial charge is 0.436 e. The lowest BCUT2D eigenvalue weighted by Crippen LogP contribution is -2.14. The van der Waals surface area contributed by atoms with Crippen LogP contribution in [0.1, 0.15) is 25.0 Å². The highest BCUT2D eigenvalue weighted by Gasteiger charge is 2.35. The average Bonchev–Trinajstić information content (AvgIpc) is 3.97. The molecular weight excluding hydrogens is 697 g/mol. The Labute approximate surface area is 330 Å². The van der Waals surface area contributed by atoms with Gasteiger partial charge in [0.1, 0.15) is 11.0 Å². The molecule has 0 unspecified atom stereocenters. The molecule has 1 aliphatic carbocycles. The zero-order valence-electron chi connectivity index (χ0n) is 31.5. The number of rotatable bonds is 6. The fraction of sp³-hybridized carbons (Fsp3) is 0.0566. The van der Waals surface area contributed by atoms with E-state index in [1.165, 1.54) is 33.4 Å². The maximum absolute atomic E-state index is 6.09. The first-order valence-electron chi connectivity index (χ1n) is 19.4. The number of benzene rings is 8. The predicted octanol–water partition coefficient (Wildman–Crippen LogP) is 14.3. The highest BCUT2D eigenvalue weighted by Crippen LogP contribution is 2.49. The van der Waals surface area contributed by atoms with Crippen molar-refractivity contribution in [2.45, 2.75) is 19.3 Å². The third-order valence-corrected chi connectivity index (χ3v) is 11.6. The number of nitrogens with zero attached hydrogens (tertiary/aromatic N) is 2. The van der Waals surface area contributed by atoms with E-state index < -0.39 is 0 Å². The van der Waals surface area contributed by atoms with Crippen LogP contribution in [0, 0.1) is 0 Å². The zero-order valence-corrected chi connectivity index (χ0v) is 31.5. The normalized spacial score (nSPS) is 12.9. The molecule has 57 heavy (non-hydrogen) atoms. The molecule has 11 rings (SSSR count). The van der Waals surface area contributed by atoms with Gasteiger partial charge in [0.05, 0.1) is 0 Å². The molecule has 0 bridgehead atoms. The summed E-state index contributed by atoms with van der Waals surface area (Å²) in [5.74, 6) is 1.23. The summed E-state index contributed by atoms with van der Waals surface area (Å²) >= 11 is 0. The van der Waals surface area contributed by atoms with Crippen molar-refractivity contribution in [3.05, 3.63) is 193 Å². The molecule has 8 aromatic carbocycles. The summed E-state index contributed by atoms with van der Waals surface area (Å²) in [6, 6.07) is 64.3. The van der Waals surface area contributed by atoms with Crippen molar-refractivity contribution in [3.63, 3.8) is 0 Å². The SMILES string of the molecule is CC1(C)c2ccccc2-c2ccc(-c3cccc(-c4cc(-c5ccc(-c6nc7ccccc7o6)cc5)cc(-c5ccc(-c6nc7ccccc7o6)cc5)c4)c3)cc21. The molecular formula is C53H36N2O2. The standard InChI is InChI=1S/C53H36N2O2/c1-53(2)45-13-4-3-12-43(45)44-27-26-39(32-46(44)53)37-10-9-11-38(28-37)42-30-40(33-18-22-35(23-19-33)51-54-47-14-5-7-16-49(47)56-51)29-41(31-42)34-20-24-36(25-21-34)52-55-48-15-6-8-17-50(48)57-52/h3-32H,1-2H3. The molecule has 0 radical (unpaired) electrons. The van der Waals surface area contributed by atoms with Gasteiger partial charge < -0.3 is 8.83 Å². The smallest absolute Gasteiger partial charge is 0.227 e. The molecule has 270 valence electrons. The molecule has 0 saturated heterocycles. The predicted molar refractivity (Wildman–Crippen MR) is 232 cm³/mol. The molecule has 4 heteroatoms. The van der Waals surface area contributed by atoms with Gasteiger partial charge >= 0.3 is 0 Å². The second-order valence-corrected chi connectivity index (χ2v) is 15.4. The molecule has 2 heterocycles. The Bertz CT molecular complexity index is 2950. The third-order valence-electron chi connectivity index (χ3n) is 11.6. The summed E-state index contributed by atoms with van der Waals surface area (Å²) < 4.78 is 12.2. The number of para-hydroxylation sites is 4. The fourth-order valence-corrected chi connectivity index (χ4v) is 8.49. The van der Waals surface area contributed by atoms with Crippen LogP contribution in [-0.4, -0.2) is 9.97 Å². The Morgan fingerprint density at radius 2 is 0.754 bits per heavy atom. The first-order chi connectivity index (χ1) is 27.9. The number of oxazole rings is 2. The number of aromatic nitrogens is 2. The van der Waals surface area contributed by atoms with Crippen molar-refractivity contribution >= 4 is 22.2 Å². The topological polar surface area (TPSA) is 52.1 Å². The van der Waals surface area contributed by atoms with E-state index in [1.807, 2.05) is 48.5 Å². The molecule has 0 atom stereocenters. The van der Waals surface area contributed by atoms with Crippen LogP contribution in [0.4, 0.5) is 0 Å². The van der Waals surface area contributed by atoms with Crippen molar-refractivity contribution in [1.29, 1.82) is 0 Å². The van der Waals surface area contributed by atoms with Crippen LogP contribution in [0.15, 0.2) is 191 Å².